The predicted octanol–water partition coefficient (Wildman–Crippen LogP) is 2.34. The Kier molecular flexibility index (Phi) is 5.77. The van der Waals surface area contributed by atoms with Crippen LogP contribution in [0.3, 0.4) is 0 Å². The van der Waals surface area contributed by atoms with Gasteiger partial charge in [-0.2, -0.15) is 5.10 Å². The molecule has 0 aliphatic carbocycles. The second-order valence-electron chi connectivity index (χ2n) is 7.78. The van der Waals surface area contributed by atoms with Gasteiger partial charge in [-0.3, -0.25) is 9.69 Å². The molecule has 0 atom stereocenters. The molecule has 8 heteroatoms. The summed E-state index contributed by atoms with van der Waals surface area (Å²) in [6.07, 6.45) is 7.28. The van der Waals surface area contributed by atoms with Crippen molar-refractivity contribution in [3.05, 3.63) is 18.0 Å². The number of aromatic nitrogens is 3. The van der Waals surface area contributed by atoms with E-state index in [1.165, 1.54) is 0 Å². The molecule has 2 aromatic heterocycles. The number of ether oxygens (including phenoxy) is 1. The Morgan fingerprint density at radius 2 is 2.00 bits per heavy atom. The van der Waals surface area contributed by atoms with Gasteiger partial charge in [0.2, 0.25) is 0 Å². The molecule has 0 spiro atoms. The summed E-state index contributed by atoms with van der Waals surface area (Å²) in [5.74, 6) is -0.879. The number of pyridine rings is 1. The normalized spacial score (nSPS) is 19.9. The molecule has 0 unspecified atom stereocenters. The zero-order valence-corrected chi connectivity index (χ0v) is 16.4. The SMILES string of the molecule is CCn1ncc2c(NC3CCOCC3)c(CN3CCC(C(=O)O)CC3)cnc21. The summed E-state index contributed by atoms with van der Waals surface area (Å²) in [6.45, 7) is 6.82. The summed E-state index contributed by atoms with van der Waals surface area (Å²) >= 11 is 0. The maximum absolute atomic E-state index is 11.2. The van der Waals surface area contributed by atoms with Gasteiger partial charge in [-0.05, 0) is 45.7 Å². The number of hydrogen-bond acceptors (Lipinski definition) is 6. The standard InChI is InChI=1S/C20H29N5O3/c1-2-25-19-17(12-22-25)18(23-16-5-9-28-10-6-16)15(11-21-19)13-24-7-3-14(4-8-24)20(26)27/h11-12,14,16H,2-10,13H2,1H3,(H,21,23)(H,26,27). The Bertz CT molecular complexity index is 823. The van der Waals surface area contributed by atoms with Crippen LogP contribution in [0.15, 0.2) is 12.4 Å². The van der Waals surface area contributed by atoms with Crippen LogP contribution >= 0.6 is 0 Å². The molecular weight excluding hydrogens is 358 g/mol. The molecule has 0 saturated carbocycles. The van der Waals surface area contributed by atoms with Gasteiger partial charge < -0.3 is 15.2 Å². The summed E-state index contributed by atoms with van der Waals surface area (Å²) in [5.41, 5.74) is 3.19. The van der Waals surface area contributed by atoms with Crippen LogP contribution in [0, 0.1) is 5.92 Å². The molecule has 2 aromatic rings. The summed E-state index contributed by atoms with van der Waals surface area (Å²) < 4.78 is 7.43. The lowest BCUT2D eigenvalue weighted by molar-refractivity contribution is -0.143. The number of carboxylic acid groups (broad SMARTS) is 1. The van der Waals surface area contributed by atoms with Crippen molar-refractivity contribution in [2.45, 2.75) is 51.7 Å². The third kappa shape index (κ3) is 3.98. The molecular formula is C20H29N5O3. The molecule has 2 aliphatic heterocycles. The summed E-state index contributed by atoms with van der Waals surface area (Å²) in [7, 11) is 0. The maximum atomic E-state index is 11.2. The second kappa shape index (κ2) is 8.45. The minimum Gasteiger partial charge on any atom is -0.481 e. The van der Waals surface area contributed by atoms with Crippen molar-refractivity contribution in [2.24, 2.45) is 5.92 Å². The molecule has 4 rings (SSSR count). The summed E-state index contributed by atoms with van der Waals surface area (Å²) in [4.78, 5) is 18.2. The topological polar surface area (TPSA) is 92.5 Å². The first kappa shape index (κ1) is 19.1. The molecule has 0 aromatic carbocycles. The van der Waals surface area contributed by atoms with Crippen LogP contribution in [0.4, 0.5) is 5.69 Å². The van der Waals surface area contributed by atoms with Gasteiger partial charge in [0.25, 0.3) is 0 Å². The van der Waals surface area contributed by atoms with Crippen molar-refractivity contribution in [2.75, 3.05) is 31.6 Å². The van der Waals surface area contributed by atoms with Crippen molar-refractivity contribution in [1.29, 1.82) is 0 Å². The molecule has 152 valence electrons. The lowest BCUT2D eigenvalue weighted by atomic mass is 9.96. The van der Waals surface area contributed by atoms with E-state index in [1.54, 1.807) is 0 Å². The number of piperidine rings is 1. The van der Waals surface area contributed by atoms with Crippen LogP contribution in [-0.2, 0) is 22.6 Å². The van der Waals surface area contributed by atoms with Crippen LogP contribution in [0.2, 0.25) is 0 Å². The van der Waals surface area contributed by atoms with Gasteiger partial charge in [0.15, 0.2) is 5.65 Å². The number of nitrogens with one attached hydrogen (secondary N) is 1. The highest BCUT2D eigenvalue weighted by Crippen LogP contribution is 2.30. The van der Waals surface area contributed by atoms with E-state index in [9.17, 15) is 9.90 Å². The van der Waals surface area contributed by atoms with E-state index >= 15 is 0 Å². The van der Waals surface area contributed by atoms with E-state index in [0.29, 0.717) is 18.9 Å². The first-order chi connectivity index (χ1) is 13.7. The monoisotopic (exact) mass is 387 g/mol. The molecule has 28 heavy (non-hydrogen) atoms. The number of anilines is 1. The third-order valence-electron chi connectivity index (χ3n) is 5.94. The maximum Gasteiger partial charge on any atom is 0.306 e. The van der Waals surface area contributed by atoms with Crippen LogP contribution < -0.4 is 5.32 Å². The van der Waals surface area contributed by atoms with Gasteiger partial charge in [0.05, 0.1) is 23.2 Å². The van der Waals surface area contributed by atoms with Crippen LogP contribution in [0.25, 0.3) is 11.0 Å². The third-order valence-corrected chi connectivity index (χ3v) is 5.94. The fourth-order valence-corrected chi connectivity index (χ4v) is 4.21. The highest BCUT2D eigenvalue weighted by Gasteiger charge is 2.26. The minimum absolute atomic E-state index is 0.209. The Balaban J connectivity index is 1.57. The number of aliphatic carboxylic acids is 1. The Morgan fingerprint density at radius 1 is 1.25 bits per heavy atom. The molecule has 2 saturated heterocycles. The van der Waals surface area contributed by atoms with E-state index in [2.05, 4.69) is 27.2 Å². The van der Waals surface area contributed by atoms with Gasteiger partial charge in [-0.1, -0.05) is 0 Å². The van der Waals surface area contributed by atoms with Gasteiger partial charge in [0.1, 0.15) is 0 Å². The Labute approximate surface area is 164 Å². The first-order valence-corrected chi connectivity index (χ1v) is 10.3. The lowest BCUT2D eigenvalue weighted by Crippen LogP contribution is -2.36. The zero-order chi connectivity index (χ0) is 19.5. The number of aryl methyl sites for hydroxylation is 1. The fourth-order valence-electron chi connectivity index (χ4n) is 4.21. The fraction of sp³-hybridized carbons (Fsp3) is 0.650. The van der Waals surface area contributed by atoms with Crippen LogP contribution in [-0.4, -0.2) is 63.1 Å². The summed E-state index contributed by atoms with van der Waals surface area (Å²) in [5, 5.41) is 18.5. The minimum atomic E-state index is -0.670. The highest BCUT2D eigenvalue weighted by atomic mass is 16.5. The van der Waals surface area contributed by atoms with Gasteiger partial charge in [-0.25, -0.2) is 9.67 Å². The van der Waals surface area contributed by atoms with Crippen LogP contribution in [0.1, 0.15) is 38.2 Å². The molecule has 2 N–H and O–H groups in total. The number of carboxylic acids is 1. The average molecular weight is 387 g/mol. The second-order valence-corrected chi connectivity index (χ2v) is 7.78. The predicted molar refractivity (Wildman–Crippen MR) is 106 cm³/mol. The van der Waals surface area contributed by atoms with E-state index in [0.717, 1.165) is 74.5 Å². The Morgan fingerprint density at radius 3 is 2.68 bits per heavy atom. The molecule has 0 bridgehead atoms. The summed E-state index contributed by atoms with van der Waals surface area (Å²) in [6, 6.07) is 0.390. The zero-order valence-electron chi connectivity index (χ0n) is 16.4. The van der Waals surface area contributed by atoms with Gasteiger partial charge in [-0.15, -0.1) is 0 Å². The lowest BCUT2D eigenvalue weighted by Gasteiger charge is -2.31. The molecule has 2 fully saturated rings. The van der Waals surface area contributed by atoms with E-state index in [-0.39, 0.29) is 5.92 Å². The molecule has 8 nitrogen and oxygen atoms in total. The average Bonchev–Trinajstić information content (AvgIpc) is 3.14. The van der Waals surface area contributed by atoms with Crippen LogP contribution in [0.5, 0.6) is 0 Å². The molecule has 4 heterocycles. The van der Waals surface area contributed by atoms with Crippen molar-refractivity contribution < 1.29 is 14.6 Å². The van der Waals surface area contributed by atoms with E-state index in [4.69, 9.17) is 4.74 Å². The molecule has 2 aliphatic rings. The Hall–Kier alpha value is -2.19. The number of nitrogens with zero attached hydrogens (tertiary/aromatic N) is 4. The van der Waals surface area contributed by atoms with Gasteiger partial charge >= 0.3 is 5.97 Å². The van der Waals surface area contributed by atoms with Crippen molar-refractivity contribution in [3.8, 4) is 0 Å². The number of hydrogen-bond donors (Lipinski definition) is 2. The van der Waals surface area contributed by atoms with E-state index < -0.39 is 5.97 Å². The largest absolute Gasteiger partial charge is 0.481 e. The number of carbonyl (C=O) groups is 1. The number of likely N-dealkylation sites (tertiary alicyclic amines) is 1. The van der Waals surface area contributed by atoms with Crippen molar-refractivity contribution in [3.63, 3.8) is 0 Å². The number of fused-ring (bicyclic) bond motifs is 1. The van der Waals surface area contributed by atoms with Crippen molar-refractivity contribution >= 4 is 22.7 Å². The smallest absolute Gasteiger partial charge is 0.306 e. The number of rotatable bonds is 6. The quantitative estimate of drug-likeness (QED) is 0.786. The first-order valence-electron chi connectivity index (χ1n) is 10.3. The van der Waals surface area contributed by atoms with Gasteiger partial charge in [0, 0.05) is 44.1 Å². The van der Waals surface area contributed by atoms with Crippen molar-refractivity contribution in [1.82, 2.24) is 19.7 Å². The molecule has 0 amide bonds. The van der Waals surface area contributed by atoms with E-state index in [1.807, 2.05) is 17.1 Å². The molecule has 0 radical (unpaired) electrons. The highest BCUT2D eigenvalue weighted by molar-refractivity contribution is 5.90.